The zero-order valence-electron chi connectivity index (χ0n) is 21.9. The van der Waals surface area contributed by atoms with Crippen LogP contribution in [-0.2, 0) is 0 Å². The molecule has 2 aromatic heterocycles. The summed E-state index contributed by atoms with van der Waals surface area (Å²) < 4.78 is 11.1. The number of ether oxygens (including phenoxy) is 2. The highest BCUT2D eigenvalue weighted by Gasteiger charge is 2.18. The van der Waals surface area contributed by atoms with Crippen molar-refractivity contribution in [3.63, 3.8) is 0 Å². The van der Waals surface area contributed by atoms with Crippen LogP contribution in [0.3, 0.4) is 0 Å². The van der Waals surface area contributed by atoms with Crippen molar-refractivity contribution in [2.75, 3.05) is 45.1 Å². The molecule has 192 valence electrons. The van der Waals surface area contributed by atoms with Gasteiger partial charge in [0.1, 0.15) is 5.82 Å². The Morgan fingerprint density at radius 3 is 1.92 bits per heavy atom. The van der Waals surface area contributed by atoms with Gasteiger partial charge < -0.3 is 19.7 Å². The summed E-state index contributed by atoms with van der Waals surface area (Å²) in [5, 5.41) is 4.45. The number of benzene rings is 3. The van der Waals surface area contributed by atoms with Crippen LogP contribution in [0, 0.1) is 0 Å². The van der Waals surface area contributed by atoms with Crippen molar-refractivity contribution in [3.05, 3.63) is 96.3 Å². The van der Waals surface area contributed by atoms with Crippen molar-refractivity contribution >= 4 is 22.7 Å². The monoisotopic (exact) mass is 506 g/mol. The van der Waals surface area contributed by atoms with Crippen LogP contribution in [-0.4, -0.2) is 54.8 Å². The van der Waals surface area contributed by atoms with E-state index in [4.69, 9.17) is 19.4 Å². The maximum atomic E-state index is 5.58. The van der Waals surface area contributed by atoms with E-state index in [0.717, 1.165) is 16.5 Å². The molecule has 0 atom stereocenters. The molecule has 38 heavy (non-hydrogen) atoms. The van der Waals surface area contributed by atoms with Crippen LogP contribution in [0.25, 0.3) is 22.3 Å². The highest BCUT2D eigenvalue weighted by Crippen LogP contribution is 2.36. The summed E-state index contributed by atoms with van der Waals surface area (Å²) in [6, 6.07) is 24.7. The molecule has 2 heterocycles. The topological polar surface area (TPSA) is 85.3 Å². The minimum atomic E-state index is 0.119. The fraction of sp³-hybridized carbons (Fsp3) is 0.200. The Morgan fingerprint density at radius 1 is 0.789 bits per heavy atom. The maximum Gasteiger partial charge on any atom is 0.224 e. The minimum Gasteiger partial charge on any atom is -0.493 e. The van der Waals surface area contributed by atoms with Crippen molar-refractivity contribution in [2.45, 2.75) is 5.92 Å². The molecule has 3 aromatic carbocycles. The second-order valence-electron chi connectivity index (χ2n) is 9.04. The van der Waals surface area contributed by atoms with Crippen molar-refractivity contribution in [3.8, 4) is 22.9 Å². The van der Waals surface area contributed by atoms with E-state index in [-0.39, 0.29) is 5.92 Å². The number of hydrogen-bond donors (Lipinski definition) is 1. The van der Waals surface area contributed by atoms with Gasteiger partial charge in [0.25, 0.3) is 0 Å². The summed E-state index contributed by atoms with van der Waals surface area (Å²) in [7, 11) is 7.04. The standard InChI is InChI=1S/C30H30N6O2/c1-36(2)30-32-17-22(18-33-30)28-34-25-16-27(38-4)26(37-3)15-23(25)29(35-28)31-19-24(20-11-7-5-8-12-20)21-13-9-6-10-14-21/h5-18,24H,19H2,1-4H3,(H,31,34,35). The first-order chi connectivity index (χ1) is 18.6. The van der Waals surface area contributed by atoms with E-state index in [0.29, 0.717) is 35.6 Å². The van der Waals surface area contributed by atoms with Gasteiger partial charge in [-0.3, -0.25) is 0 Å². The first-order valence-electron chi connectivity index (χ1n) is 12.3. The molecule has 0 spiro atoms. The van der Waals surface area contributed by atoms with Gasteiger partial charge in [-0.25, -0.2) is 19.9 Å². The maximum absolute atomic E-state index is 5.58. The Morgan fingerprint density at radius 2 is 1.37 bits per heavy atom. The first-order valence-corrected chi connectivity index (χ1v) is 12.3. The largest absolute Gasteiger partial charge is 0.493 e. The van der Waals surface area contributed by atoms with E-state index in [9.17, 15) is 0 Å². The molecule has 0 aliphatic heterocycles. The van der Waals surface area contributed by atoms with E-state index in [2.05, 4.69) is 63.8 Å². The number of aromatic nitrogens is 4. The van der Waals surface area contributed by atoms with E-state index >= 15 is 0 Å². The van der Waals surface area contributed by atoms with E-state index in [1.807, 2.05) is 43.3 Å². The highest BCUT2D eigenvalue weighted by molar-refractivity contribution is 5.93. The van der Waals surface area contributed by atoms with Gasteiger partial charge in [-0.05, 0) is 17.2 Å². The number of rotatable bonds is 9. The molecular weight excluding hydrogens is 476 g/mol. The van der Waals surface area contributed by atoms with Crippen molar-refractivity contribution in [1.82, 2.24) is 19.9 Å². The van der Waals surface area contributed by atoms with Crippen LogP contribution in [0.2, 0.25) is 0 Å². The smallest absolute Gasteiger partial charge is 0.224 e. The van der Waals surface area contributed by atoms with Crippen molar-refractivity contribution < 1.29 is 9.47 Å². The Balaban J connectivity index is 1.59. The number of nitrogens with zero attached hydrogens (tertiary/aromatic N) is 5. The van der Waals surface area contributed by atoms with Crippen LogP contribution >= 0.6 is 0 Å². The average molecular weight is 507 g/mol. The molecule has 0 aliphatic rings. The van der Waals surface area contributed by atoms with Gasteiger partial charge in [-0.15, -0.1) is 0 Å². The van der Waals surface area contributed by atoms with Crippen molar-refractivity contribution in [1.29, 1.82) is 0 Å². The SMILES string of the molecule is COc1cc2nc(-c3cnc(N(C)C)nc3)nc(NCC(c3ccccc3)c3ccccc3)c2cc1OC. The van der Waals surface area contributed by atoms with Gasteiger partial charge in [-0.2, -0.15) is 0 Å². The molecule has 0 aliphatic carbocycles. The third kappa shape index (κ3) is 5.20. The van der Waals surface area contributed by atoms with Gasteiger partial charge in [0.15, 0.2) is 17.3 Å². The van der Waals surface area contributed by atoms with Crippen LogP contribution < -0.4 is 19.7 Å². The minimum absolute atomic E-state index is 0.119. The number of nitrogens with one attached hydrogen (secondary N) is 1. The van der Waals surface area contributed by atoms with Gasteiger partial charge >= 0.3 is 0 Å². The molecule has 5 aromatic rings. The lowest BCUT2D eigenvalue weighted by Crippen LogP contribution is -2.15. The van der Waals surface area contributed by atoms with Gasteiger partial charge in [0.2, 0.25) is 5.95 Å². The van der Waals surface area contributed by atoms with Gasteiger partial charge in [0.05, 0.1) is 25.3 Å². The van der Waals surface area contributed by atoms with E-state index in [1.165, 1.54) is 11.1 Å². The molecule has 0 saturated carbocycles. The van der Waals surface area contributed by atoms with Crippen LogP contribution in [0.15, 0.2) is 85.2 Å². The third-order valence-corrected chi connectivity index (χ3v) is 6.37. The molecule has 8 nitrogen and oxygen atoms in total. The molecule has 5 rings (SSSR count). The number of hydrogen-bond acceptors (Lipinski definition) is 8. The Labute approximate surface area is 222 Å². The summed E-state index contributed by atoms with van der Waals surface area (Å²) in [5.74, 6) is 3.16. The number of anilines is 2. The highest BCUT2D eigenvalue weighted by atomic mass is 16.5. The van der Waals surface area contributed by atoms with Gasteiger partial charge in [-0.1, -0.05) is 60.7 Å². The lowest BCUT2D eigenvalue weighted by Gasteiger charge is -2.20. The molecule has 0 unspecified atom stereocenters. The molecule has 0 fully saturated rings. The number of fused-ring (bicyclic) bond motifs is 1. The predicted octanol–water partition coefficient (Wildman–Crippen LogP) is 5.41. The molecule has 0 saturated heterocycles. The van der Waals surface area contributed by atoms with Crippen molar-refractivity contribution in [2.24, 2.45) is 0 Å². The van der Waals surface area contributed by atoms with Gasteiger partial charge in [0, 0.05) is 50.4 Å². The Hall–Kier alpha value is -4.72. The summed E-state index contributed by atoms with van der Waals surface area (Å²) in [6.07, 6.45) is 3.48. The molecule has 8 heteroatoms. The van der Waals surface area contributed by atoms with Crippen LogP contribution in [0.5, 0.6) is 11.5 Å². The predicted molar refractivity (Wildman–Crippen MR) is 151 cm³/mol. The fourth-order valence-corrected chi connectivity index (χ4v) is 4.38. The molecule has 0 bridgehead atoms. The third-order valence-electron chi connectivity index (χ3n) is 6.37. The zero-order chi connectivity index (χ0) is 26.5. The normalized spacial score (nSPS) is 11.0. The summed E-state index contributed by atoms with van der Waals surface area (Å²) in [5.41, 5.74) is 3.88. The first kappa shape index (κ1) is 25.0. The number of methoxy groups -OCH3 is 2. The molecule has 0 amide bonds. The quantitative estimate of drug-likeness (QED) is 0.284. The summed E-state index contributed by atoms with van der Waals surface area (Å²) in [4.78, 5) is 20.5. The lowest BCUT2D eigenvalue weighted by atomic mass is 9.91. The Bertz CT molecular complexity index is 1470. The summed E-state index contributed by atoms with van der Waals surface area (Å²) >= 11 is 0. The summed E-state index contributed by atoms with van der Waals surface area (Å²) in [6.45, 7) is 0.629. The lowest BCUT2D eigenvalue weighted by molar-refractivity contribution is 0.356. The molecule has 0 radical (unpaired) electrons. The zero-order valence-corrected chi connectivity index (χ0v) is 21.9. The van der Waals surface area contributed by atoms with Crippen LogP contribution in [0.4, 0.5) is 11.8 Å². The second kappa shape index (κ2) is 11.1. The average Bonchev–Trinajstić information content (AvgIpc) is 2.97. The molecule has 1 N–H and O–H groups in total. The molecular formula is C30H30N6O2. The van der Waals surface area contributed by atoms with Crippen LogP contribution in [0.1, 0.15) is 17.0 Å². The Kier molecular flexibility index (Phi) is 7.31. The second-order valence-corrected chi connectivity index (χ2v) is 9.04. The van der Waals surface area contributed by atoms with E-state index < -0.39 is 0 Å². The fourth-order valence-electron chi connectivity index (χ4n) is 4.38. The van der Waals surface area contributed by atoms with E-state index in [1.54, 1.807) is 26.6 Å².